The molecule has 7 heteroatoms. The fourth-order valence-electron chi connectivity index (χ4n) is 3.43. The topological polar surface area (TPSA) is 90.4 Å². The molecule has 2 saturated heterocycles. The maximum absolute atomic E-state index is 11.1. The standard InChI is InChI=1S/C15H23N5O2/c1-2-16-12-3-6-17-14(19-12)20-7-4-15(5-8-20)9-11(13(21)22)18-10-15/h3,6,11,18H,2,4-5,7-10H2,1H3,(H,21,22)(H,16,17,19). The first-order chi connectivity index (χ1) is 10.6. The van der Waals surface area contributed by atoms with Gasteiger partial charge in [0.25, 0.3) is 0 Å². The molecule has 0 bridgehead atoms. The van der Waals surface area contributed by atoms with Crippen molar-refractivity contribution in [1.82, 2.24) is 15.3 Å². The molecule has 120 valence electrons. The molecule has 2 aliphatic rings. The van der Waals surface area contributed by atoms with Gasteiger partial charge >= 0.3 is 5.97 Å². The maximum Gasteiger partial charge on any atom is 0.320 e. The van der Waals surface area contributed by atoms with E-state index in [0.29, 0.717) is 0 Å². The molecule has 2 aliphatic heterocycles. The van der Waals surface area contributed by atoms with E-state index in [2.05, 4.69) is 25.5 Å². The van der Waals surface area contributed by atoms with Crippen LogP contribution in [0.5, 0.6) is 0 Å². The first-order valence-corrected chi connectivity index (χ1v) is 7.90. The van der Waals surface area contributed by atoms with E-state index in [1.165, 1.54) is 0 Å². The second-order valence-corrected chi connectivity index (χ2v) is 6.24. The van der Waals surface area contributed by atoms with Crippen LogP contribution in [-0.2, 0) is 4.79 Å². The van der Waals surface area contributed by atoms with Crippen molar-refractivity contribution in [3.05, 3.63) is 12.3 Å². The molecule has 1 aromatic rings. The molecular formula is C15H23N5O2. The summed E-state index contributed by atoms with van der Waals surface area (Å²) in [5.74, 6) is 0.872. The molecule has 7 nitrogen and oxygen atoms in total. The van der Waals surface area contributed by atoms with Crippen molar-refractivity contribution in [1.29, 1.82) is 0 Å². The van der Waals surface area contributed by atoms with E-state index < -0.39 is 5.97 Å². The molecule has 1 unspecified atom stereocenters. The number of nitrogens with one attached hydrogen (secondary N) is 2. The van der Waals surface area contributed by atoms with E-state index in [9.17, 15) is 4.79 Å². The molecule has 0 radical (unpaired) electrons. The summed E-state index contributed by atoms with van der Waals surface area (Å²) in [6.07, 6.45) is 4.48. The minimum atomic E-state index is -0.735. The van der Waals surface area contributed by atoms with E-state index >= 15 is 0 Å². The van der Waals surface area contributed by atoms with Crippen molar-refractivity contribution in [3.8, 4) is 0 Å². The zero-order valence-corrected chi connectivity index (χ0v) is 12.9. The van der Waals surface area contributed by atoms with Crippen LogP contribution in [0.2, 0.25) is 0 Å². The molecular weight excluding hydrogens is 282 g/mol. The highest BCUT2D eigenvalue weighted by Gasteiger charge is 2.43. The Bertz CT molecular complexity index is 542. The van der Waals surface area contributed by atoms with Gasteiger partial charge in [0.2, 0.25) is 5.95 Å². The summed E-state index contributed by atoms with van der Waals surface area (Å²) in [5.41, 5.74) is 0.124. The maximum atomic E-state index is 11.1. The van der Waals surface area contributed by atoms with Crippen molar-refractivity contribution in [2.24, 2.45) is 5.41 Å². The van der Waals surface area contributed by atoms with E-state index in [1.54, 1.807) is 6.20 Å². The Hall–Kier alpha value is -1.89. The van der Waals surface area contributed by atoms with Gasteiger partial charge in [-0.15, -0.1) is 0 Å². The molecule has 3 rings (SSSR count). The van der Waals surface area contributed by atoms with Crippen LogP contribution < -0.4 is 15.5 Å². The highest BCUT2D eigenvalue weighted by atomic mass is 16.4. The third-order valence-corrected chi connectivity index (χ3v) is 4.77. The number of nitrogens with zero attached hydrogens (tertiary/aromatic N) is 3. The van der Waals surface area contributed by atoms with Crippen molar-refractivity contribution < 1.29 is 9.90 Å². The van der Waals surface area contributed by atoms with Gasteiger partial charge in [0.15, 0.2) is 0 Å². The van der Waals surface area contributed by atoms with Crippen LogP contribution in [0.4, 0.5) is 11.8 Å². The molecule has 1 atom stereocenters. The quantitative estimate of drug-likeness (QED) is 0.762. The number of aliphatic carboxylic acids is 1. The van der Waals surface area contributed by atoms with Crippen LogP contribution >= 0.6 is 0 Å². The Balaban J connectivity index is 1.62. The zero-order valence-electron chi connectivity index (χ0n) is 12.9. The lowest BCUT2D eigenvalue weighted by Gasteiger charge is -2.39. The van der Waals surface area contributed by atoms with Crippen molar-refractivity contribution >= 4 is 17.7 Å². The van der Waals surface area contributed by atoms with Gasteiger partial charge in [-0.2, -0.15) is 4.98 Å². The van der Waals surface area contributed by atoms with Crippen molar-refractivity contribution in [2.75, 3.05) is 36.4 Å². The molecule has 0 aromatic carbocycles. The van der Waals surface area contributed by atoms with E-state index in [1.807, 2.05) is 13.0 Å². The number of carbonyl (C=O) groups is 1. The van der Waals surface area contributed by atoms with Gasteiger partial charge in [-0.05, 0) is 37.7 Å². The normalized spacial score (nSPS) is 23.7. The summed E-state index contributed by atoms with van der Waals surface area (Å²) in [4.78, 5) is 22.2. The molecule has 1 spiro atoms. The highest BCUT2D eigenvalue weighted by Crippen LogP contribution is 2.39. The van der Waals surface area contributed by atoms with E-state index in [4.69, 9.17) is 5.11 Å². The Morgan fingerprint density at radius 3 is 2.95 bits per heavy atom. The van der Waals surface area contributed by atoms with Crippen LogP contribution in [0.3, 0.4) is 0 Å². The molecule has 0 saturated carbocycles. The number of piperidine rings is 1. The smallest absolute Gasteiger partial charge is 0.320 e. The Morgan fingerprint density at radius 2 is 2.32 bits per heavy atom. The van der Waals surface area contributed by atoms with Gasteiger partial charge in [0, 0.05) is 32.4 Å². The highest BCUT2D eigenvalue weighted by molar-refractivity contribution is 5.74. The Morgan fingerprint density at radius 1 is 1.55 bits per heavy atom. The van der Waals surface area contributed by atoms with Gasteiger partial charge in [0.05, 0.1) is 0 Å². The largest absolute Gasteiger partial charge is 0.480 e. The van der Waals surface area contributed by atoms with E-state index in [-0.39, 0.29) is 11.5 Å². The van der Waals surface area contributed by atoms with Gasteiger partial charge in [-0.1, -0.05) is 0 Å². The zero-order chi connectivity index (χ0) is 15.6. The first kappa shape index (κ1) is 15.0. The molecule has 0 amide bonds. The molecule has 0 aliphatic carbocycles. The van der Waals surface area contributed by atoms with Crippen molar-refractivity contribution in [3.63, 3.8) is 0 Å². The first-order valence-electron chi connectivity index (χ1n) is 7.90. The summed E-state index contributed by atoms with van der Waals surface area (Å²) in [6, 6.07) is 1.48. The predicted octanol–water partition coefficient (Wildman–Crippen LogP) is 0.941. The average molecular weight is 305 g/mol. The molecule has 3 heterocycles. The summed E-state index contributed by atoms with van der Waals surface area (Å²) in [6.45, 7) is 5.43. The van der Waals surface area contributed by atoms with Gasteiger partial charge < -0.3 is 20.6 Å². The lowest BCUT2D eigenvalue weighted by Crippen LogP contribution is -2.42. The number of hydrogen-bond acceptors (Lipinski definition) is 6. The third kappa shape index (κ3) is 2.99. The molecule has 3 N–H and O–H groups in total. The van der Waals surface area contributed by atoms with E-state index in [0.717, 1.165) is 57.2 Å². The Kier molecular flexibility index (Phi) is 4.15. The number of anilines is 2. The fraction of sp³-hybridized carbons (Fsp3) is 0.667. The lowest BCUT2D eigenvalue weighted by molar-refractivity contribution is -0.139. The van der Waals surface area contributed by atoms with Crippen LogP contribution in [0, 0.1) is 5.41 Å². The number of carboxylic acid groups (broad SMARTS) is 1. The van der Waals surface area contributed by atoms with Crippen molar-refractivity contribution in [2.45, 2.75) is 32.2 Å². The number of carboxylic acids is 1. The number of hydrogen-bond donors (Lipinski definition) is 3. The molecule has 2 fully saturated rings. The summed E-state index contributed by atoms with van der Waals surface area (Å²) in [7, 11) is 0. The second-order valence-electron chi connectivity index (χ2n) is 6.24. The SMILES string of the molecule is CCNc1ccnc(N2CCC3(CC2)CNC(C(=O)O)C3)n1. The summed E-state index contributed by atoms with van der Waals surface area (Å²) >= 11 is 0. The van der Waals surface area contributed by atoms with Gasteiger partial charge in [0.1, 0.15) is 11.9 Å². The minimum Gasteiger partial charge on any atom is -0.480 e. The molecule has 1 aromatic heterocycles. The van der Waals surface area contributed by atoms with Crippen LogP contribution in [-0.4, -0.2) is 53.3 Å². The summed E-state index contributed by atoms with van der Waals surface area (Å²) < 4.78 is 0. The van der Waals surface area contributed by atoms with Crippen LogP contribution in [0.15, 0.2) is 12.3 Å². The third-order valence-electron chi connectivity index (χ3n) is 4.77. The number of aromatic nitrogens is 2. The van der Waals surface area contributed by atoms with Crippen LogP contribution in [0.1, 0.15) is 26.2 Å². The van der Waals surface area contributed by atoms with Crippen LogP contribution in [0.25, 0.3) is 0 Å². The van der Waals surface area contributed by atoms with Gasteiger partial charge in [-0.3, -0.25) is 4.79 Å². The lowest BCUT2D eigenvalue weighted by atomic mass is 9.76. The van der Waals surface area contributed by atoms with Gasteiger partial charge in [-0.25, -0.2) is 4.98 Å². The second kappa shape index (κ2) is 6.08. The fourth-order valence-corrected chi connectivity index (χ4v) is 3.43. The Labute approximate surface area is 130 Å². The molecule has 22 heavy (non-hydrogen) atoms. The predicted molar refractivity (Wildman–Crippen MR) is 84.1 cm³/mol. The minimum absolute atomic E-state index is 0.124. The summed E-state index contributed by atoms with van der Waals surface area (Å²) in [5, 5.41) is 15.5. The average Bonchev–Trinajstić information content (AvgIpc) is 2.93. The number of rotatable bonds is 4. The monoisotopic (exact) mass is 305 g/mol.